The van der Waals surface area contributed by atoms with Crippen molar-refractivity contribution >= 4 is 23.1 Å². The van der Waals surface area contributed by atoms with Crippen molar-refractivity contribution in [3.05, 3.63) is 121 Å². The molecule has 8 heteroatoms. The van der Waals surface area contributed by atoms with Crippen molar-refractivity contribution in [2.45, 2.75) is 25.7 Å². The van der Waals surface area contributed by atoms with E-state index in [1.807, 2.05) is 128 Å². The standard InChI is InChI=1S/C37H34N6O2/c44-35(29-9-5-7-27(23-29)31-25-42-17-3-1-11-33(42)38-31)40-19-13-37(14-20-40)15-21-41(22-16-37)36(45)30-10-6-8-28(24-30)32-26-43-18-4-2-12-34(43)39-32/h1-12,17-18,23-26H,13-16,19-22H2. The summed E-state index contributed by atoms with van der Waals surface area (Å²) < 4.78 is 3.99. The summed E-state index contributed by atoms with van der Waals surface area (Å²) in [5.74, 6) is 0.155. The van der Waals surface area contributed by atoms with E-state index in [4.69, 9.17) is 9.97 Å². The number of pyridine rings is 2. The molecule has 2 aliphatic rings. The van der Waals surface area contributed by atoms with Gasteiger partial charge in [-0.25, -0.2) is 9.97 Å². The van der Waals surface area contributed by atoms with Gasteiger partial charge in [-0.1, -0.05) is 36.4 Å². The Kier molecular flexibility index (Phi) is 6.70. The fraction of sp³-hybridized carbons (Fsp3) is 0.243. The molecule has 6 aromatic rings. The van der Waals surface area contributed by atoms with Crippen molar-refractivity contribution in [1.29, 1.82) is 0 Å². The van der Waals surface area contributed by atoms with Gasteiger partial charge in [0.25, 0.3) is 11.8 Å². The minimum Gasteiger partial charge on any atom is -0.339 e. The molecule has 0 radical (unpaired) electrons. The highest BCUT2D eigenvalue weighted by atomic mass is 16.2. The molecule has 2 aliphatic heterocycles. The van der Waals surface area contributed by atoms with E-state index in [9.17, 15) is 9.59 Å². The fourth-order valence-corrected chi connectivity index (χ4v) is 7.00. The lowest BCUT2D eigenvalue weighted by Crippen LogP contribution is -2.49. The highest BCUT2D eigenvalue weighted by molar-refractivity contribution is 5.96. The highest BCUT2D eigenvalue weighted by Crippen LogP contribution is 2.42. The molecule has 0 N–H and O–H groups in total. The summed E-state index contributed by atoms with van der Waals surface area (Å²) in [6.07, 6.45) is 11.8. The number of piperidine rings is 2. The van der Waals surface area contributed by atoms with E-state index in [1.54, 1.807) is 0 Å². The Morgan fingerprint density at radius 2 is 1.00 bits per heavy atom. The van der Waals surface area contributed by atoms with Gasteiger partial charge in [0, 0.05) is 73.2 Å². The van der Waals surface area contributed by atoms with Crippen molar-refractivity contribution in [2.75, 3.05) is 26.2 Å². The van der Waals surface area contributed by atoms with Crippen LogP contribution in [0.1, 0.15) is 46.4 Å². The minimum atomic E-state index is 0.0774. The lowest BCUT2D eigenvalue weighted by Gasteiger charge is -2.47. The molecule has 2 aromatic carbocycles. The molecule has 8 nitrogen and oxygen atoms in total. The van der Waals surface area contributed by atoms with E-state index < -0.39 is 0 Å². The van der Waals surface area contributed by atoms with Crippen molar-refractivity contribution in [3.8, 4) is 22.5 Å². The Hall–Kier alpha value is -5.24. The first-order valence-corrected chi connectivity index (χ1v) is 15.7. The van der Waals surface area contributed by atoms with Crippen LogP contribution in [0.4, 0.5) is 0 Å². The van der Waals surface area contributed by atoms with Crippen LogP contribution in [0.2, 0.25) is 0 Å². The molecular weight excluding hydrogens is 560 g/mol. The van der Waals surface area contributed by atoms with E-state index in [-0.39, 0.29) is 17.2 Å². The number of nitrogens with zero attached hydrogens (tertiary/aromatic N) is 6. The molecule has 4 aromatic heterocycles. The number of likely N-dealkylation sites (tertiary alicyclic amines) is 2. The van der Waals surface area contributed by atoms with Gasteiger partial charge in [0.2, 0.25) is 0 Å². The van der Waals surface area contributed by atoms with Crippen molar-refractivity contribution in [3.63, 3.8) is 0 Å². The molecule has 2 saturated heterocycles. The summed E-state index contributed by atoms with van der Waals surface area (Å²) in [6.45, 7) is 2.97. The predicted molar refractivity (Wildman–Crippen MR) is 174 cm³/mol. The second kappa shape index (κ2) is 11.0. The van der Waals surface area contributed by atoms with Crippen LogP contribution >= 0.6 is 0 Å². The average Bonchev–Trinajstić information content (AvgIpc) is 3.74. The third kappa shape index (κ3) is 5.16. The minimum absolute atomic E-state index is 0.0774. The maximum atomic E-state index is 13.5. The highest BCUT2D eigenvalue weighted by Gasteiger charge is 2.39. The normalized spacial score (nSPS) is 16.4. The van der Waals surface area contributed by atoms with Gasteiger partial charge in [0.05, 0.1) is 11.4 Å². The van der Waals surface area contributed by atoms with Crippen LogP contribution in [0.3, 0.4) is 0 Å². The quantitative estimate of drug-likeness (QED) is 0.234. The third-order valence-corrected chi connectivity index (χ3v) is 9.76. The Labute approximate surface area is 261 Å². The molecule has 45 heavy (non-hydrogen) atoms. The summed E-state index contributed by atoms with van der Waals surface area (Å²) in [6, 6.07) is 27.5. The number of fused-ring (bicyclic) bond motifs is 2. The Morgan fingerprint density at radius 1 is 0.556 bits per heavy atom. The third-order valence-electron chi connectivity index (χ3n) is 9.76. The lowest BCUT2D eigenvalue weighted by atomic mass is 9.71. The maximum absolute atomic E-state index is 13.5. The van der Waals surface area contributed by atoms with E-state index in [2.05, 4.69) is 0 Å². The Morgan fingerprint density at radius 3 is 1.42 bits per heavy atom. The summed E-state index contributed by atoms with van der Waals surface area (Å²) >= 11 is 0. The molecule has 2 fully saturated rings. The molecule has 0 saturated carbocycles. The van der Waals surface area contributed by atoms with Gasteiger partial charge in [-0.15, -0.1) is 0 Å². The molecule has 0 bridgehead atoms. The SMILES string of the molecule is O=C(c1cccc(-c2cn3ccccc3n2)c1)N1CCC2(CC1)CCN(C(=O)c1cccc(-c3cn4ccccc4n3)c1)CC2. The average molecular weight is 595 g/mol. The number of hydrogen-bond acceptors (Lipinski definition) is 4. The summed E-state index contributed by atoms with van der Waals surface area (Å²) in [7, 11) is 0. The van der Waals surface area contributed by atoms with Crippen LogP contribution in [0.5, 0.6) is 0 Å². The molecule has 0 atom stereocenters. The first-order chi connectivity index (χ1) is 22.0. The Bertz CT molecular complexity index is 1830. The molecule has 1 spiro atoms. The predicted octanol–water partition coefficient (Wildman–Crippen LogP) is 6.47. The largest absolute Gasteiger partial charge is 0.339 e. The number of rotatable bonds is 4. The van der Waals surface area contributed by atoms with Crippen LogP contribution in [0, 0.1) is 5.41 Å². The van der Waals surface area contributed by atoms with Gasteiger partial charge in [0.15, 0.2) is 0 Å². The first-order valence-electron chi connectivity index (χ1n) is 15.7. The fourth-order valence-electron chi connectivity index (χ4n) is 7.00. The number of amides is 2. The summed E-state index contributed by atoms with van der Waals surface area (Å²) in [5.41, 5.74) is 6.96. The second-order valence-corrected chi connectivity index (χ2v) is 12.4. The lowest BCUT2D eigenvalue weighted by molar-refractivity contribution is 0.0280. The van der Waals surface area contributed by atoms with Crippen molar-refractivity contribution < 1.29 is 9.59 Å². The van der Waals surface area contributed by atoms with Gasteiger partial charge < -0.3 is 18.6 Å². The Balaban J connectivity index is 0.894. The number of aromatic nitrogens is 4. The van der Waals surface area contributed by atoms with E-state index in [1.165, 1.54) is 0 Å². The topological polar surface area (TPSA) is 75.2 Å². The number of carbonyl (C=O) groups excluding carboxylic acids is 2. The van der Waals surface area contributed by atoms with Gasteiger partial charge >= 0.3 is 0 Å². The van der Waals surface area contributed by atoms with Gasteiger partial charge in [-0.2, -0.15) is 0 Å². The van der Waals surface area contributed by atoms with Crippen LogP contribution in [0.25, 0.3) is 33.8 Å². The van der Waals surface area contributed by atoms with E-state index >= 15 is 0 Å². The van der Waals surface area contributed by atoms with Crippen LogP contribution in [-0.4, -0.2) is 66.6 Å². The van der Waals surface area contributed by atoms with Crippen LogP contribution < -0.4 is 0 Å². The maximum Gasteiger partial charge on any atom is 0.253 e. The van der Waals surface area contributed by atoms with E-state index in [0.717, 1.165) is 85.7 Å². The number of hydrogen-bond donors (Lipinski definition) is 0. The molecule has 6 heterocycles. The molecule has 224 valence electrons. The van der Waals surface area contributed by atoms with Gasteiger partial charge in [-0.3, -0.25) is 9.59 Å². The number of carbonyl (C=O) groups is 2. The second-order valence-electron chi connectivity index (χ2n) is 12.4. The van der Waals surface area contributed by atoms with Crippen LogP contribution in [0.15, 0.2) is 110 Å². The first kappa shape index (κ1) is 27.3. The van der Waals surface area contributed by atoms with Gasteiger partial charge in [-0.05, 0) is 79.6 Å². The number of imidazole rings is 2. The zero-order valence-corrected chi connectivity index (χ0v) is 25.0. The molecule has 0 unspecified atom stereocenters. The molecule has 2 amide bonds. The van der Waals surface area contributed by atoms with Crippen molar-refractivity contribution in [2.24, 2.45) is 5.41 Å². The smallest absolute Gasteiger partial charge is 0.253 e. The van der Waals surface area contributed by atoms with Crippen LogP contribution in [-0.2, 0) is 0 Å². The summed E-state index contributed by atoms with van der Waals surface area (Å²) in [4.78, 5) is 40.5. The molecule has 8 rings (SSSR count). The van der Waals surface area contributed by atoms with E-state index in [0.29, 0.717) is 11.1 Å². The monoisotopic (exact) mass is 594 g/mol. The zero-order valence-electron chi connectivity index (χ0n) is 25.0. The zero-order chi connectivity index (χ0) is 30.4. The molecule has 0 aliphatic carbocycles. The van der Waals surface area contributed by atoms with Gasteiger partial charge in [0.1, 0.15) is 11.3 Å². The summed E-state index contributed by atoms with van der Waals surface area (Å²) in [5, 5.41) is 0. The molecular formula is C37H34N6O2. The number of benzene rings is 2. The van der Waals surface area contributed by atoms with Crippen molar-refractivity contribution in [1.82, 2.24) is 28.6 Å².